The fraction of sp³-hybridized carbons (Fsp3) is 0.538. The topological polar surface area (TPSA) is 35.5 Å². The highest BCUT2D eigenvalue weighted by molar-refractivity contribution is 7.62. The Morgan fingerprint density at radius 2 is 1.53 bits per heavy atom. The van der Waals surface area contributed by atoms with Crippen molar-refractivity contribution < 1.29 is 13.6 Å². The second kappa shape index (κ2) is 6.95. The first-order valence-electron chi connectivity index (χ1n) is 6.14. The van der Waals surface area contributed by atoms with Crippen LogP contribution >= 0.6 is 7.60 Å². The molecule has 4 heteroatoms. The van der Waals surface area contributed by atoms with E-state index in [-0.39, 0.29) is 0 Å². The molecule has 0 spiro atoms. The molecule has 3 nitrogen and oxygen atoms in total. The average molecular weight is 256 g/mol. The van der Waals surface area contributed by atoms with Crippen molar-refractivity contribution >= 4 is 12.9 Å². The summed E-state index contributed by atoms with van der Waals surface area (Å²) in [6.45, 7) is 6.54. The lowest BCUT2D eigenvalue weighted by molar-refractivity contribution is 0.230. The van der Waals surface area contributed by atoms with Crippen LogP contribution in [0.3, 0.4) is 0 Å². The van der Waals surface area contributed by atoms with Crippen molar-refractivity contribution in [3.8, 4) is 0 Å². The summed E-state index contributed by atoms with van der Waals surface area (Å²) in [5.41, 5.74) is 1.25. The van der Waals surface area contributed by atoms with E-state index in [1.165, 1.54) is 5.56 Å². The van der Waals surface area contributed by atoms with Crippen LogP contribution in [0.4, 0.5) is 0 Å². The normalized spacial score (nSPS) is 11.7. The van der Waals surface area contributed by atoms with Gasteiger partial charge in [0.2, 0.25) is 0 Å². The van der Waals surface area contributed by atoms with Crippen LogP contribution in [0.1, 0.15) is 32.8 Å². The fourth-order valence-corrected chi connectivity index (χ4v) is 3.23. The van der Waals surface area contributed by atoms with Gasteiger partial charge in [0.1, 0.15) is 0 Å². The first-order chi connectivity index (χ1) is 8.16. The van der Waals surface area contributed by atoms with Crippen molar-refractivity contribution in [1.29, 1.82) is 0 Å². The van der Waals surface area contributed by atoms with E-state index < -0.39 is 7.60 Å². The van der Waals surface area contributed by atoms with E-state index in [0.29, 0.717) is 18.5 Å². The van der Waals surface area contributed by atoms with E-state index in [1.807, 2.05) is 38.1 Å². The van der Waals surface area contributed by atoms with Crippen LogP contribution in [0.2, 0.25) is 0 Å². The Hall–Kier alpha value is -0.630. The van der Waals surface area contributed by atoms with Crippen LogP contribution in [-0.2, 0) is 20.0 Å². The van der Waals surface area contributed by atoms with Crippen LogP contribution in [0.5, 0.6) is 0 Å². The number of benzene rings is 1. The summed E-state index contributed by atoms with van der Waals surface area (Å²) in [6, 6.07) is 7.67. The third-order valence-electron chi connectivity index (χ3n) is 2.39. The van der Waals surface area contributed by atoms with E-state index >= 15 is 0 Å². The molecule has 0 amide bonds. The van der Waals surface area contributed by atoms with Crippen molar-refractivity contribution in [3.05, 3.63) is 29.8 Å². The molecule has 17 heavy (non-hydrogen) atoms. The standard InChI is InChI=1S/C13H21O3P/c1-4-7-12-8-10-13(11-9-12)17(14,15-5-2)16-6-3/h8-11H,4-7H2,1-3H3. The number of hydrogen-bond donors (Lipinski definition) is 0. The molecule has 0 saturated carbocycles. The minimum atomic E-state index is -3.11. The van der Waals surface area contributed by atoms with Gasteiger partial charge in [0.15, 0.2) is 0 Å². The average Bonchev–Trinajstić information content (AvgIpc) is 2.31. The van der Waals surface area contributed by atoms with Gasteiger partial charge < -0.3 is 9.05 Å². The van der Waals surface area contributed by atoms with Gasteiger partial charge in [-0.25, -0.2) is 0 Å². The molecule has 0 N–H and O–H groups in total. The monoisotopic (exact) mass is 256 g/mol. The van der Waals surface area contributed by atoms with Crippen LogP contribution in [0.15, 0.2) is 24.3 Å². The summed E-state index contributed by atoms with van der Waals surface area (Å²) in [4.78, 5) is 0. The molecular formula is C13H21O3P. The van der Waals surface area contributed by atoms with Crippen molar-refractivity contribution in [2.75, 3.05) is 13.2 Å². The molecule has 0 heterocycles. The predicted molar refractivity (Wildman–Crippen MR) is 70.9 cm³/mol. The van der Waals surface area contributed by atoms with Crippen molar-refractivity contribution in [2.45, 2.75) is 33.6 Å². The SMILES string of the molecule is CCCc1ccc(P(=O)(OCC)OCC)cc1. The number of aryl methyl sites for hydroxylation is 1. The van der Waals surface area contributed by atoms with E-state index in [1.54, 1.807) is 0 Å². The van der Waals surface area contributed by atoms with Gasteiger partial charge in [-0.1, -0.05) is 25.5 Å². The van der Waals surface area contributed by atoms with Gasteiger partial charge in [0, 0.05) is 0 Å². The maximum absolute atomic E-state index is 12.4. The van der Waals surface area contributed by atoms with E-state index in [2.05, 4.69) is 6.92 Å². The highest BCUT2D eigenvalue weighted by atomic mass is 31.2. The molecular weight excluding hydrogens is 235 g/mol. The highest BCUT2D eigenvalue weighted by Crippen LogP contribution is 2.46. The van der Waals surface area contributed by atoms with Gasteiger partial charge in [-0.05, 0) is 38.0 Å². The Bertz CT molecular complexity index is 363. The van der Waals surface area contributed by atoms with Crippen LogP contribution in [0, 0.1) is 0 Å². The number of hydrogen-bond acceptors (Lipinski definition) is 3. The fourth-order valence-electron chi connectivity index (χ4n) is 1.66. The second-order valence-corrected chi connectivity index (χ2v) is 5.78. The zero-order valence-corrected chi connectivity index (χ0v) is 11.7. The lowest BCUT2D eigenvalue weighted by atomic mass is 10.1. The van der Waals surface area contributed by atoms with Gasteiger partial charge in [-0.15, -0.1) is 0 Å². The van der Waals surface area contributed by atoms with Gasteiger partial charge in [0.05, 0.1) is 18.5 Å². The molecule has 0 bridgehead atoms. The van der Waals surface area contributed by atoms with E-state index in [9.17, 15) is 4.57 Å². The van der Waals surface area contributed by atoms with Gasteiger partial charge >= 0.3 is 7.60 Å². The molecule has 96 valence electrons. The number of rotatable bonds is 7. The van der Waals surface area contributed by atoms with Crippen LogP contribution in [-0.4, -0.2) is 13.2 Å². The molecule has 0 unspecified atom stereocenters. The first-order valence-corrected chi connectivity index (χ1v) is 7.69. The molecule has 0 atom stereocenters. The summed E-state index contributed by atoms with van der Waals surface area (Å²) in [7, 11) is -3.11. The molecule has 0 fully saturated rings. The van der Waals surface area contributed by atoms with Crippen molar-refractivity contribution in [1.82, 2.24) is 0 Å². The Morgan fingerprint density at radius 1 is 1.00 bits per heavy atom. The molecule has 1 aromatic rings. The Balaban J connectivity index is 2.91. The summed E-state index contributed by atoms with van der Waals surface area (Å²) in [6.07, 6.45) is 2.14. The summed E-state index contributed by atoms with van der Waals surface area (Å²) in [5, 5.41) is 0.640. The van der Waals surface area contributed by atoms with Crippen LogP contribution < -0.4 is 5.30 Å². The van der Waals surface area contributed by atoms with Crippen LogP contribution in [0.25, 0.3) is 0 Å². The van der Waals surface area contributed by atoms with Gasteiger partial charge in [0.25, 0.3) is 0 Å². The molecule has 1 rings (SSSR count). The maximum atomic E-state index is 12.4. The summed E-state index contributed by atoms with van der Waals surface area (Å²) < 4.78 is 23.0. The van der Waals surface area contributed by atoms with Gasteiger partial charge in [-0.2, -0.15) is 0 Å². The predicted octanol–water partition coefficient (Wildman–Crippen LogP) is 3.53. The zero-order valence-electron chi connectivity index (χ0n) is 10.8. The highest BCUT2D eigenvalue weighted by Gasteiger charge is 2.26. The third-order valence-corrected chi connectivity index (χ3v) is 4.52. The van der Waals surface area contributed by atoms with E-state index in [4.69, 9.17) is 9.05 Å². The first kappa shape index (κ1) is 14.4. The Labute approximate surface area is 104 Å². The minimum absolute atomic E-state index is 0.383. The van der Waals surface area contributed by atoms with E-state index in [0.717, 1.165) is 12.8 Å². The molecule has 0 saturated heterocycles. The summed E-state index contributed by atoms with van der Waals surface area (Å²) >= 11 is 0. The minimum Gasteiger partial charge on any atom is -0.305 e. The lowest BCUT2D eigenvalue weighted by Gasteiger charge is -2.17. The Kier molecular flexibility index (Phi) is 5.90. The Morgan fingerprint density at radius 3 is 1.94 bits per heavy atom. The van der Waals surface area contributed by atoms with Crippen molar-refractivity contribution in [3.63, 3.8) is 0 Å². The molecule has 0 aliphatic carbocycles. The zero-order chi connectivity index (χ0) is 12.7. The molecule has 0 aromatic heterocycles. The molecule has 1 aromatic carbocycles. The summed E-state index contributed by atoms with van der Waals surface area (Å²) in [5.74, 6) is 0. The second-order valence-electron chi connectivity index (χ2n) is 3.75. The van der Waals surface area contributed by atoms with Crippen molar-refractivity contribution in [2.24, 2.45) is 0 Å². The smallest absolute Gasteiger partial charge is 0.305 e. The molecule has 0 radical (unpaired) electrons. The largest absolute Gasteiger partial charge is 0.361 e. The van der Waals surface area contributed by atoms with Gasteiger partial charge in [-0.3, -0.25) is 4.57 Å². The third kappa shape index (κ3) is 3.95. The molecule has 0 aliphatic rings. The molecule has 0 aliphatic heterocycles. The quantitative estimate of drug-likeness (QED) is 0.700. The lowest BCUT2D eigenvalue weighted by Crippen LogP contribution is -2.10. The maximum Gasteiger partial charge on any atom is 0.361 e.